The molecule has 126 valence electrons. The van der Waals surface area contributed by atoms with Gasteiger partial charge in [0.2, 0.25) is 0 Å². The molecule has 0 radical (unpaired) electrons. The Morgan fingerprint density at radius 3 is 2.31 bits per heavy atom. The summed E-state index contributed by atoms with van der Waals surface area (Å²) in [5.74, 6) is -1.21. The maximum absolute atomic E-state index is 11.3. The minimum absolute atomic E-state index is 0. The zero-order valence-electron chi connectivity index (χ0n) is 13.9. The fourth-order valence-electron chi connectivity index (χ4n) is 2.63. The van der Waals surface area contributed by atoms with Gasteiger partial charge >= 0.3 is 29.6 Å². The van der Waals surface area contributed by atoms with E-state index in [1.807, 2.05) is 36.4 Å². The van der Waals surface area contributed by atoms with Crippen molar-refractivity contribution in [2.45, 2.75) is 0 Å². The Kier molecular flexibility index (Phi) is 7.64. The number of hydrogen-bond acceptors (Lipinski definition) is 3. The van der Waals surface area contributed by atoms with E-state index in [-0.39, 0.29) is 36.1 Å². The van der Waals surface area contributed by atoms with Gasteiger partial charge in [0.1, 0.15) is 4.99 Å². The van der Waals surface area contributed by atoms with Crippen molar-refractivity contribution in [2.75, 3.05) is 11.4 Å². The van der Waals surface area contributed by atoms with Gasteiger partial charge in [0.15, 0.2) is 0 Å². The first kappa shape index (κ1) is 21.4. The average Bonchev–Trinajstić information content (AvgIpc) is 2.60. The van der Waals surface area contributed by atoms with Crippen molar-refractivity contribution in [3.63, 3.8) is 0 Å². The molecule has 0 bridgehead atoms. The van der Waals surface area contributed by atoms with E-state index in [2.05, 4.69) is 15.9 Å². The first-order valence-corrected chi connectivity index (χ1v) is 9.00. The fourth-order valence-corrected chi connectivity index (χ4v) is 3.61. The van der Waals surface area contributed by atoms with E-state index in [1.165, 1.54) is 4.90 Å². The van der Waals surface area contributed by atoms with Crippen molar-refractivity contribution in [3.05, 3.63) is 75.7 Å². The third-order valence-electron chi connectivity index (χ3n) is 3.77. The Hall–Kier alpha value is -0.950. The third kappa shape index (κ3) is 4.66. The summed E-state index contributed by atoms with van der Waals surface area (Å²) in [6.07, 6.45) is 0. The minimum Gasteiger partial charge on any atom is -0.548 e. The van der Waals surface area contributed by atoms with Crippen LogP contribution < -0.4 is 39.6 Å². The second kappa shape index (κ2) is 9.31. The van der Waals surface area contributed by atoms with Crippen molar-refractivity contribution in [2.24, 2.45) is 0 Å². The molecule has 0 N–H and O–H groups in total. The molecule has 7 heteroatoms. The summed E-state index contributed by atoms with van der Waals surface area (Å²) in [6, 6.07) is 18.5. The Labute approximate surface area is 192 Å². The van der Waals surface area contributed by atoms with Crippen molar-refractivity contribution >= 4 is 67.2 Å². The molecule has 3 nitrogen and oxygen atoms in total. The SMILES string of the molecule is O=C([O-])CN(C(=S)c1cccc2c(Br)cccc12)c1ccc(Cl)cc1.[Na+]. The molecule has 3 aromatic carbocycles. The van der Waals surface area contributed by atoms with Gasteiger partial charge in [-0.05, 0) is 41.1 Å². The molecule has 0 aromatic heterocycles. The van der Waals surface area contributed by atoms with Crippen LogP contribution in [-0.2, 0) is 4.79 Å². The minimum atomic E-state index is -1.21. The molecule has 0 aliphatic rings. The van der Waals surface area contributed by atoms with Crippen LogP contribution in [0.15, 0.2) is 65.1 Å². The first-order chi connectivity index (χ1) is 12.0. The van der Waals surface area contributed by atoms with Gasteiger partial charge in [0.05, 0.1) is 12.5 Å². The van der Waals surface area contributed by atoms with Crippen LogP contribution in [-0.4, -0.2) is 17.5 Å². The molecular formula is C19H12BrClNNaO2S. The number of hydrogen-bond donors (Lipinski definition) is 0. The molecule has 0 aliphatic carbocycles. The number of carboxylic acids is 1. The summed E-state index contributed by atoms with van der Waals surface area (Å²) in [5.41, 5.74) is 1.43. The molecule has 3 rings (SSSR count). The van der Waals surface area contributed by atoms with Crippen LogP contribution >= 0.6 is 39.7 Å². The van der Waals surface area contributed by atoms with Crippen molar-refractivity contribution in [1.29, 1.82) is 0 Å². The van der Waals surface area contributed by atoms with E-state index >= 15 is 0 Å². The zero-order valence-corrected chi connectivity index (χ0v) is 19.1. The molecule has 3 aromatic rings. The Bertz CT molecular complexity index is 965. The van der Waals surface area contributed by atoms with E-state index in [4.69, 9.17) is 23.8 Å². The summed E-state index contributed by atoms with van der Waals surface area (Å²) in [5, 5.41) is 13.8. The monoisotopic (exact) mass is 455 g/mol. The van der Waals surface area contributed by atoms with Crippen LogP contribution in [0, 0.1) is 0 Å². The summed E-state index contributed by atoms with van der Waals surface area (Å²) in [7, 11) is 0. The smallest absolute Gasteiger partial charge is 0.548 e. The largest absolute Gasteiger partial charge is 1.00 e. The zero-order chi connectivity index (χ0) is 18.0. The summed E-state index contributed by atoms with van der Waals surface area (Å²) in [4.78, 5) is 13.2. The maximum atomic E-state index is 11.3. The molecule has 0 amide bonds. The number of fused-ring (bicyclic) bond motifs is 1. The number of nitrogens with zero attached hydrogens (tertiary/aromatic N) is 1. The second-order valence-electron chi connectivity index (χ2n) is 5.38. The van der Waals surface area contributed by atoms with Gasteiger partial charge in [-0.3, -0.25) is 0 Å². The number of benzene rings is 3. The molecule has 0 aliphatic heterocycles. The molecular weight excluding hydrogens is 445 g/mol. The molecule has 0 atom stereocenters. The van der Waals surface area contributed by atoms with Crippen LogP contribution in [0.1, 0.15) is 5.56 Å². The van der Waals surface area contributed by atoms with Crippen LogP contribution in [0.2, 0.25) is 5.02 Å². The molecule has 0 heterocycles. The van der Waals surface area contributed by atoms with Crippen molar-refractivity contribution in [1.82, 2.24) is 0 Å². The second-order valence-corrected chi connectivity index (χ2v) is 7.06. The molecule has 26 heavy (non-hydrogen) atoms. The fraction of sp³-hybridized carbons (Fsp3) is 0.0526. The first-order valence-electron chi connectivity index (χ1n) is 7.42. The third-order valence-corrected chi connectivity index (χ3v) is 5.15. The van der Waals surface area contributed by atoms with Gasteiger partial charge in [-0.2, -0.15) is 0 Å². The summed E-state index contributed by atoms with van der Waals surface area (Å²) >= 11 is 15.1. The molecule has 0 saturated carbocycles. The molecule has 0 fully saturated rings. The van der Waals surface area contributed by atoms with E-state index in [0.29, 0.717) is 15.7 Å². The van der Waals surface area contributed by atoms with Gasteiger partial charge < -0.3 is 14.8 Å². The summed E-state index contributed by atoms with van der Waals surface area (Å²) < 4.78 is 0.951. The van der Waals surface area contributed by atoms with Crippen LogP contribution in [0.5, 0.6) is 0 Å². The van der Waals surface area contributed by atoms with Gasteiger partial charge in [-0.25, -0.2) is 0 Å². The quantitative estimate of drug-likeness (QED) is 0.437. The topological polar surface area (TPSA) is 43.4 Å². The number of halogens is 2. The number of carboxylic acid groups (broad SMARTS) is 1. The average molecular weight is 457 g/mol. The number of rotatable bonds is 4. The standard InChI is InChI=1S/C19H13BrClNO2S.Na/c20-17-6-2-3-14-15(17)4-1-5-16(14)19(25)22(11-18(23)24)13-9-7-12(21)8-10-13;/h1-10H,11H2,(H,23,24);/q;+1/p-1. The number of carbonyl (C=O) groups is 1. The normalized spacial score (nSPS) is 10.2. The van der Waals surface area contributed by atoms with Gasteiger partial charge in [0, 0.05) is 20.7 Å². The van der Waals surface area contributed by atoms with Gasteiger partial charge in [-0.15, -0.1) is 0 Å². The molecule has 0 spiro atoms. The number of anilines is 1. The number of carbonyl (C=O) groups excluding carboxylic acids is 1. The molecule has 0 unspecified atom stereocenters. The Balaban J connectivity index is 0.00000243. The Morgan fingerprint density at radius 2 is 1.65 bits per heavy atom. The van der Waals surface area contributed by atoms with E-state index in [9.17, 15) is 9.90 Å². The summed E-state index contributed by atoms with van der Waals surface area (Å²) in [6.45, 7) is -0.342. The van der Waals surface area contributed by atoms with E-state index in [1.54, 1.807) is 24.3 Å². The van der Waals surface area contributed by atoms with Crippen LogP contribution in [0.3, 0.4) is 0 Å². The van der Waals surface area contributed by atoms with Crippen LogP contribution in [0.25, 0.3) is 10.8 Å². The number of aliphatic carboxylic acids is 1. The van der Waals surface area contributed by atoms with E-state index in [0.717, 1.165) is 20.8 Å². The predicted molar refractivity (Wildman–Crippen MR) is 107 cm³/mol. The van der Waals surface area contributed by atoms with E-state index < -0.39 is 5.97 Å². The van der Waals surface area contributed by atoms with Crippen molar-refractivity contribution in [3.8, 4) is 0 Å². The number of thiocarbonyl (C=S) groups is 1. The van der Waals surface area contributed by atoms with Gasteiger partial charge in [-0.1, -0.05) is 70.1 Å². The predicted octanol–water partition coefficient (Wildman–Crippen LogP) is 1.19. The van der Waals surface area contributed by atoms with Gasteiger partial charge in [0.25, 0.3) is 0 Å². The van der Waals surface area contributed by atoms with Crippen LogP contribution in [0.4, 0.5) is 5.69 Å². The maximum Gasteiger partial charge on any atom is 1.00 e. The van der Waals surface area contributed by atoms with Crippen molar-refractivity contribution < 1.29 is 39.5 Å². The Morgan fingerprint density at radius 1 is 1.04 bits per heavy atom. The molecule has 0 saturated heterocycles.